The molecule has 1 nitrogen and oxygen atoms in total. The largest absolute Gasteiger partial charge is 0.319 e. The van der Waals surface area contributed by atoms with Gasteiger partial charge in [0.05, 0.1) is 6.42 Å². The molecule has 0 aromatic rings. The van der Waals surface area contributed by atoms with Gasteiger partial charge in [0.2, 0.25) is 0 Å². The van der Waals surface area contributed by atoms with Crippen molar-refractivity contribution in [1.82, 2.24) is 0 Å². The highest BCUT2D eigenvalue weighted by Crippen LogP contribution is 2.12. The second-order valence-corrected chi connectivity index (χ2v) is 2.73. The maximum Gasteiger partial charge on any atom is 0.319 e. The maximum atomic E-state index is 7.46. The van der Waals surface area contributed by atoms with Crippen molar-refractivity contribution in [1.29, 1.82) is 0 Å². The highest BCUT2D eigenvalue weighted by molar-refractivity contribution is 5.90. The Labute approximate surface area is 65.3 Å². The molecule has 0 saturated carbocycles. The van der Waals surface area contributed by atoms with Crippen LogP contribution in [0.2, 0.25) is 0 Å². The van der Waals surface area contributed by atoms with Crippen molar-refractivity contribution in [3.8, 4) is 0 Å². The summed E-state index contributed by atoms with van der Waals surface area (Å²) in [5, 5.41) is 0. The zero-order chi connectivity index (χ0) is 9.19. The van der Waals surface area contributed by atoms with Crippen molar-refractivity contribution in [3.63, 3.8) is 0 Å². The van der Waals surface area contributed by atoms with Crippen LogP contribution in [0.5, 0.6) is 0 Å². The molecule has 0 aliphatic carbocycles. The third-order valence-electron chi connectivity index (χ3n) is 1.54. The van der Waals surface area contributed by atoms with Crippen LogP contribution in [-0.4, -0.2) is 12.3 Å². The minimum Gasteiger partial charge on any atom is -0.259 e. The Hall–Kier alpha value is -0.590. The summed E-state index contributed by atoms with van der Waals surface area (Å²) >= 11 is 0. The fraction of sp³-hybridized carbons (Fsp3) is 0.667. The predicted molar refractivity (Wildman–Crippen MR) is 43.1 cm³/mol. The zero-order valence-corrected chi connectivity index (χ0v) is 6.55. The Kier molecular flexibility index (Phi) is 1.81. The molecule has 1 rings (SSSR count). The van der Waals surface area contributed by atoms with Crippen LogP contribution in [0.1, 0.15) is 29.4 Å². The Morgan fingerprint density at radius 1 is 1.80 bits per heavy atom. The quantitative estimate of drug-likeness (QED) is 0.391. The molecule has 0 amide bonds. The molecule has 0 radical (unpaired) electrons. The van der Waals surface area contributed by atoms with Gasteiger partial charge in [-0.25, -0.2) is 0 Å². The molecular formula is C9H15O+. The molecule has 1 aliphatic heterocycles. The number of ketones is 1. The lowest BCUT2D eigenvalue weighted by molar-refractivity contribution is -0.464. The summed E-state index contributed by atoms with van der Waals surface area (Å²) in [6.45, 7) is 2.49. The minimum atomic E-state index is -1.47. The summed E-state index contributed by atoms with van der Waals surface area (Å²) in [7, 11) is 0. The molecule has 0 aromatic heterocycles. The highest BCUT2D eigenvalue weighted by atomic mass is 16.4. The number of hydrogen-bond acceptors (Lipinski definition) is 0. The monoisotopic (exact) mass is 141 g/mol. The van der Waals surface area contributed by atoms with Gasteiger partial charge in [0, 0.05) is 12.5 Å². The molecule has 1 atom stereocenters. The molecule has 1 unspecified atom stereocenters. The van der Waals surface area contributed by atoms with E-state index in [1.165, 1.54) is 0 Å². The maximum absolute atomic E-state index is 7.46. The number of carbonyl (C=O) groups excluding carboxylic acids is 1. The fourth-order valence-corrected chi connectivity index (χ4v) is 1.02. The van der Waals surface area contributed by atoms with Crippen LogP contribution in [0.25, 0.3) is 0 Å². The fourth-order valence-electron chi connectivity index (χ4n) is 1.02. The van der Waals surface area contributed by atoms with Gasteiger partial charge in [0.25, 0.3) is 6.56 Å². The Bertz CT molecular complexity index is 219. The smallest absolute Gasteiger partial charge is 0.259 e. The van der Waals surface area contributed by atoms with Crippen LogP contribution in [0.4, 0.5) is 0 Å². The van der Waals surface area contributed by atoms with E-state index in [4.69, 9.17) is 7.17 Å². The van der Waals surface area contributed by atoms with E-state index in [9.17, 15) is 0 Å². The Morgan fingerprint density at radius 3 is 3.20 bits per heavy atom. The first-order valence-corrected chi connectivity index (χ1v) is 3.71. The Balaban J connectivity index is 2.80. The third-order valence-corrected chi connectivity index (χ3v) is 1.54. The first kappa shape index (κ1) is 5.11. The summed E-state index contributed by atoms with van der Waals surface area (Å²) in [6.07, 6.45) is 5.06. The lowest BCUT2D eigenvalue weighted by Crippen LogP contribution is -2.14. The van der Waals surface area contributed by atoms with Crippen LogP contribution >= 0.6 is 0 Å². The average molecular weight is 141 g/mol. The summed E-state index contributed by atoms with van der Waals surface area (Å²) in [6, 6.07) is 0. The Morgan fingerprint density at radius 2 is 2.60 bits per heavy atom. The van der Waals surface area contributed by atoms with Crippen molar-refractivity contribution in [2.75, 3.05) is 6.56 Å². The molecule has 0 aromatic carbocycles. The number of rotatable bonds is 1. The third kappa shape index (κ3) is 1.98. The molecule has 0 saturated heterocycles. The van der Waals surface area contributed by atoms with Gasteiger partial charge in [-0.2, -0.15) is 0 Å². The van der Waals surface area contributed by atoms with E-state index in [0.717, 1.165) is 12.2 Å². The standard InChI is InChI=1S/C9H15O/c1-3-4-9-7-8(2)5-6-10-9/h3-4,8H,5-7H2,1-2H3/q+1/b4-3+/i6D2. The second-order valence-electron chi connectivity index (χ2n) is 2.73. The summed E-state index contributed by atoms with van der Waals surface area (Å²) in [5.74, 6) is 1.14. The molecule has 1 heterocycles. The van der Waals surface area contributed by atoms with E-state index in [0.29, 0.717) is 12.3 Å². The topological polar surface area (TPSA) is 11.3 Å². The normalized spacial score (nSPS) is 35.0. The molecule has 1 aliphatic rings. The van der Waals surface area contributed by atoms with Crippen LogP contribution in [-0.2, 0) is 4.42 Å². The van der Waals surface area contributed by atoms with Crippen LogP contribution in [0.15, 0.2) is 12.2 Å². The number of allylic oxidation sites excluding steroid dienone is 2. The number of hydrogen-bond donors (Lipinski definition) is 0. The van der Waals surface area contributed by atoms with Gasteiger partial charge in [0.15, 0.2) is 0 Å². The van der Waals surface area contributed by atoms with E-state index in [1.807, 2.05) is 26.0 Å². The molecule has 56 valence electrons. The van der Waals surface area contributed by atoms with Crippen molar-refractivity contribution < 1.29 is 7.17 Å². The van der Waals surface area contributed by atoms with E-state index in [2.05, 4.69) is 0 Å². The SMILES string of the molecule is [2H]C1([2H])CC(C)CC(/C=C/C)=[O+]1. The lowest BCUT2D eigenvalue weighted by atomic mass is 10.00. The van der Waals surface area contributed by atoms with E-state index in [1.54, 1.807) is 0 Å². The van der Waals surface area contributed by atoms with Gasteiger partial charge in [0.1, 0.15) is 2.74 Å². The van der Waals surface area contributed by atoms with E-state index >= 15 is 0 Å². The van der Waals surface area contributed by atoms with Crippen LogP contribution in [0, 0.1) is 5.92 Å². The zero-order valence-electron chi connectivity index (χ0n) is 8.55. The molecule has 0 N–H and O–H groups in total. The summed E-state index contributed by atoms with van der Waals surface area (Å²) < 4.78 is 20.1. The van der Waals surface area contributed by atoms with Crippen LogP contribution < -0.4 is 0 Å². The van der Waals surface area contributed by atoms with Gasteiger partial charge in [-0.3, -0.25) is 4.42 Å². The van der Waals surface area contributed by atoms with Gasteiger partial charge in [-0.15, -0.1) is 0 Å². The first-order valence-electron chi connectivity index (χ1n) is 4.71. The van der Waals surface area contributed by atoms with Crippen LogP contribution in [0.3, 0.4) is 0 Å². The van der Waals surface area contributed by atoms with E-state index < -0.39 is 6.56 Å². The molecule has 0 spiro atoms. The van der Waals surface area contributed by atoms with Gasteiger partial charge < -0.3 is 0 Å². The van der Waals surface area contributed by atoms with Crippen molar-refractivity contribution in [2.45, 2.75) is 26.7 Å². The van der Waals surface area contributed by atoms with Crippen molar-refractivity contribution >= 4 is 5.78 Å². The first-order chi connectivity index (χ1) is 5.53. The summed E-state index contributed by atoms with van der Waals surface area (Å²) in [5.41, 5.74) is 0. The lowest BCUT2D eigenvalue weighted by Gasteiger charge is -2.06. The van der Waals surface area contributed by atoms with Crippen molar-refractivity contribution in [3.05, 3.63) is 12.2 Å². The average Bonchev–Trinajstić information content (AvgIpc) is 1.82. The van der Waals surface area contributed by atoms with Gasteiger partial charge in [-0.1, -0.05) is 13.0 Å². The summed E-state index contributed by atoms with van der Waals surface area (Å²) in [4.78, 5) is 0. The predicted octanol–water partition coefficient (Wildman–Crippen LogP) is 2.10. The molecule has 1 heteroatoms. The molecule has 0 bridgehead atoms. The van der Waals surface area contributed by atoms with Gasteiger partial charge in [-0.05, 0) is 12.8 Å². The van der Waals surface area contributed by atoms with E-state index in [-0.39, 0.29) is 0 Å². The molecular weight excluding hydrogens is 124 g/mol. The van der Waals surface area contributed by atoms with Crippen molar-refractivity contribution in [2.24, 2.45) is 5.92 Å². The molecule has 10 heavy (non-hydrogen) atoms. The molecule has 0 fully saturated rings. The highest BCUT2D eigenvalue weighted by Gasteiger charge is 2.19. The minimum absolute atomic E-state index is 0.375. The van der Waals surface area contributed by atoms with Gasteiger partial charge >= 0.3 is 5.78 Å². The second kappa shape index (κ2) is 3.55.